The second-order valence-corrected chi connectivity index (χ2v) is 8.53. The molecule has 5 nitrogen and oxygen atoms in total. The first kappa shape index (κ1) is 21.8. The van der Waals surface area contributed by atoms with Crippen molar-refractivity contribution in [3.05, 3.63) is 76.9 Å². The van der Waals surface area contributed by atoms with E-state index in [1.807, 2.05) is 18.2 Å². The summed E-state index contributed by atoms with van der Waals surface area (Å²) in [6.07, 6.45) is 3.74. The molecule has 0 aliphatic carbocycles. The predicted octanol–water partition coefficient (Wildman–Crippen LogP) is 4.22. The number of amides is 1. The Hall–Kier alpha value is -2.47. The molecule has 1 aromatic heterocycles. The molecule has 0 bridgehead atoms. The summed E-state index contributed by atoms with van der Waals surface area (Å²) in [6.45, 7) is 7.22. The average Bonchev–Trinajstić information content (AvgIpc) is 2.80. The summed E-state index contributed by atoms with van der Waals surface area (Å²) in [5.74, 6) is -0.110. The molecule has 2 aromatic carbocycles. The maximum atomic E-state index is 12.6. The number of benzene rings is 2. The van der Waals surface area contributed by atoms with Crippen molar-refractivity contribution in [1.29, 1.82) is 0 Å². The van der Waals surface area contributed by atoms with Crippen LogP contribution in [0.5, 0.6) is 0 Å². The first-order valence-corrected chi connectivity index (χ1v) is 11.4. The number of nitrogens with zero attached hydrogens (tertiary/aromatic N) is 3. The summed E-state index contributed by atoms with van der Waals surface area (Å²) >= 11 is 6.18. The fourth-order valence-corrected chi connectivity index (χ4v) is 4.33. The number of hydrogen-bond donors (Lipinski definition) is 1. The topological polar surface area (TPSA) is 48.5 Å². The van der Waals surface area contributed by atoms with Crippen molar-refractivity contribution in [2.75, 3.05) is 39.3 Å². The van der Waals surface area contributed by atoms with Crippen molar-refractivity contribution >= 4 is 28.4 Å². The van der Waals surface area contributed by atoms with Gasteiger partial charge in [-0.15, -0.1) is 0 Å². The van der Waals surface area contributed by atoms with Crippen LogP contribution in [-0.4, -0.2) is 60.0 Å². The highest BCUT2D eigenvalue weighted by atomic mass is 35.5. The van der Waals surface area contributed by atoms with Gasteiger partial charge in [0.1, 0.15) is 0 Å². The lowest BCUT2D eigenvalue weighted by atomic mass is 10.1. The fourth-order valence-electron chi connectivity index (χ4n) is 4.10. The molecule has 6 heteroatoms. The first-order valence-electron chi connectivity index (χ1n) is 11.0. The number of nitrogens with one attached hydrogen (secondary N) is 1. The quantitative estimate of drug-likeness (QED) is 0.537. The van der Waals surface area contributed by atoms with Crippen molar-refractivity contribution < 1.29 is 4.79 Å². The van der Waals surface area contributed by atoms with Gasteiger partial charge in [-0.05, 0) is 43.1 Å². The Kier molecular flexibility index (Phi) is 7.52. The number of carbonyl (C=O) groups excluding carboxylic acids is 1. The Bertz CT molecular complexity index is 1000. The zero-order valence-electron chi connectivity index (χ0n) is 17.8. The third kappa shape index (κ3) is 6.03. The molecule has 1 aliphatic rings. The first-order chi connectivity index (χ1) is 15.2. The van der Waals surface area contributed by atoms with E-state index in [1.165, 1.54) is 5.56 Å². The predicted molar refractivity (Wildman–Crippen MR) is 126 cm³/mol. The maximum Gasteiger partial charge on any atom is 0.253 e. The van der Waals surface area contributed by atoms with Crippen molar-refractivity contribution in [3.63, 3.8) is 0 Å². The molecule has 0 saturated carbocycles. The highest BCUT2D eigenvalue weighted by Crippen LogP contribution is 2.22. The summed E-state index contributed by atoms with van der Waals surface area (Å²) in [6, 6.07) is 18.0. The number of fused-ring (bicyclic) bond motifs is 1. The lowest BCUT2D eigenvalue weighted by molar-refractivity contribution is 0.0952. The number of aromatic nitrogens is 1. The molecule has 4 rings (SSSR count). The Labute approximate surface area is 189 Å². The molecule has 0 unspecified atom stereocenters. The molecule has 2 heterocycles. The lowest BCUT2D eigenvalue weighted by Crippen LogP contribution is -2.46. The summed E-state index contributed by atoms with van der Waals surface area (Å²) in [5, 5.41) is 4.46. The van der Waals surface area contributed by atoms with E-state index in [2.05, 4.69) is 50.4 Å². The molecule has 1 fully saturated rings. The SMILES string of the molecule is O=C(NCCCCN1CCN(Cc2ccccc2)CC1)c1cc(Cl)cc2cccnc12. The molecule has 0 radical (unpaired) electrons. The van der Waals surface area contributed by atoms with E-state index in [4.69, 9.17) is 11.6 Å². The number of halogens is 1. The maximum absolute atomic E-state index is 12.6. The number of unbranched alkanes of at least 4 members (excludes halogenated alkanes) is 1. The number of piperazine rings is 1. The normalized spacial score (nSPS) is 15.3. The van der Waals surface area contributed by atoms with Crippen LogP contribution in [0.4, 0.5) is 0 Å². The van der Waals surface area contributed by atoms with E-state index < -0.39 is 0 Å². The van der Waals surface area contributed by atoms with Gasteiger partial charge >= 0.3 is 0 Å². The van der Waals surface area contributed by atoms with E-state index in [1.54, 1.807) is 12.3 Å². The summed E-state index contributed by atoms with van der Waals surface area (Å²) in [7, 11) is 0. The molecule has 162 valence electrons. The zero-order valence-corrected chi connectivity index (χ0v) is 18.5. The van der Waals surface area contributed by atoms with Gasteiger partial charge < -0.3 is 10.2 Å². The standard InChI is InChI=1S/C25H29ClN4O/c26-22-17-21-9-6-11-27-24(21)23(18-22)25(31)28-10-4-5-12-29-13-15-30(16-14-29)19-20-7-2-1-3-8-20/h1-3,6-9,11,17-18H,4-5,10,12-16,19H2,(H,28,31). The smallest absolute Gasteiger partial charge is 0.253 e. The Morgan fingerprint density at radius 1 is 0.968 bits per heavy atom. The molecular weight excluding hydrogens is 408 g/mol. The Balaban J connectivity index is 1.16. The van der Waals surface area contributed by atoms with E-state index >= 15 is 0 Å². The molecule has 31 heavy (non-hydrogen) atoms. The molecule has 1 saturated heterocycles. The minimum absolute atomic E-state index is 0.110. The fraction of sp³-hybridized carbons (Fsp3) is 0.360. The molecule has 0 atom stereocenters. The summed E-state index contributed by atoms with van der Waals surface area (Å²) in [4.78, 5) is 22.0. The number of carbonyl (C=O) groups is 1. The minimum Gasteiger partial charge on any atom is -0.352 e. The van der Waals surface area contributed by atoms with Crippen LogP contribution in [0.1, 0.15) is 28.8 Å². The van der Waals surface area contributed by atoms with Crippen molar-refractivity contribution in [3.8, 4) is 0 Å². The van der Waals surface area contributed by atoms with Gasteiger partial charge in [0, 0.05) is 55.9 Å². The van der Waals surface area contributed by atoms with Crippen LogP contribution in [0.15, 0.2) is 60.8 Å². The monoisotopic (exact) mass is 436 g/mol. The molecule has 1 N–H and O–H groups in total. The second-order valence-electron chi connectivity index (χ2n) is 8.09. The van der Waals surface area contributed by atoms with Gasteiger partial charge in [-0.2, -0.15) is 0 Å². The summed E-state index contributed by atoms with van der Waals surface area (Å²) in [5.41, 5.74) is 2.62. The molecule has 1 amide bonds. The highest BCUT2D eigenvalue weighted by molar-refractivity contribution is 6.32. The van der Waals surface area contributed by atoms with E-state index in [9.17, 15) is 4.79 Å². The van der Waals surface area contributed by atoms with Crippen LogP contribution in [-0.2, 0) is 6.54 Å². The molecule has 3 aromatic rings. The van der Waals surface area contributed by atoms with Crippen LogP contribution in [0.3, 0.4) is 0 Å². The molecule has 0 spiro atoms. The van der Waals surface area contributed by atoms with Gasteiger partial charge in [0.2, 0.25) is 0 Å². The van der Waals surface area contributed by atoms with Crippen LogP contribution >= 0.6 is 11.6 Å². The third-order valence-corrected chi connectivity index (χ3v) is 6.03. The molecular formula is C25H29ClN4O. The largest absolute Gasteiger partial charge is 0.352 e. The number of pyridine rings is 1. The van der Waals surface area contributed by atoms with E-state index in [0.29, 0.717) is 22.6 Å². The van der Waals surface area contributed by atoms with Crippen molar-refractivity contribution in [2.45, 2.75) is 19.4 Å². The lowest BCUT2D eigenvalue weighted by Gasteiger charge is -2.34. The van der Waals surface area contributed by atoms with Crippen LogP contribution in [0.2, 0.25) is 5.02 Å². The average molecular weight is 437 g/mol. The van der Waals surface area contributed by atoms with Gasteiger partial charge in [-0.3, -0.25) is 14.7 Å². The Morgan fingerprint density at radius 3 is 2.55 bits per heavy atom. The van der Waals surface area contributed by atoms with Crippen LogP contribution < -0.4 is 5.32 Å². The highest BCUT2D eigenvalue weighted by Gasteiger charge is 2.16. The van der Waals surface area contributed by atoms with E-state index in [0.717, 1.165) is 57.5 Å². The third-order valence-electron chi connectivity index (χ3n) is 5.81. The van der Waals surface area contributed by atoms with Gasteiger partial charge in [0.05, 0.1) is 11.1 Å². The van der Waals surface area contributed by atoms with Gasteiger partial charge in [-0.25, -0.2) is 0 Å². The van der Waals surface area contributed by atoms with Gasteiger partial charge in [-0.1, -0.05) is 48.0 Å². The van der Waals surface area contributed by atoms with Crippen molar-refractivity contribution in [2.24, 2.45) is 0 Å². The zero-order chi connectivity index (χ0) is 21.5. The number of hydrogen-bond acceptors (Lipinski definition) is 4. The van der Waals surface area contributed by atoms with Crippen LogP contribution in [0.25, 0.3) is 10.9 Å². The Morgan fingerprint density at radius 2 is 1.74 bits per heavy atom. The van der Waals surface area contributed by atoms with E-state index in [-0.39, 0.29) is 5.91 Å². The summed E-state index contributed by atoms with van der Waals surface area (Å²) < 4.78 is 0. The minimum atomic E-state index is -0.110. The molecule has 1 aliphatic heterocycles. The number of rotatable bonds is 8. The van der Waals surface area contributed by atoms with Gasteiger partial charge in [0.25, 0.3) is 5.91 Å². The van der Waals surface area contributed by atoms with Crippen molar-refractivity contribution in [1.82, 2.24) is 20.1 Å². The van der Waals surface area contributed by atoms with Gasteiger partial charge in [0.15, 0.2) is 0 Å². The second kappa shape index (κ2) is 10.7. The van der Waals surface area contributed by atoms with Crippen LogP contribution in [0, 0.1) is 0 Å².